The van der Waals surface area contributed by atoms with Gasteiger partial charge in [0.2, 0.25) is 0 Å². The van der Waals surface area contributed by atoms with Crippen molar-refractivity contribution in [1.82, 2.24) is 10.2 Å². The van der Waals surface area contributed by atoms with Crippen molar-refractivity contribution >= 4 is 0 Å². The van der Waals surface area contributed by atoms with Gasteiger partial charge >= 0.3 is 0 Å². The maximum Gasteiger partial charge on any atom is 0.267 e. The lowest BCUT2D eigenvalue weighted by Crippen LogP contribution is -2.11. The first-order chi connectivity index (χ1) is 6.18. The summed E-state index contributed by atoms with van der Waals surface area (Å²) in [6.07, 6.45) is 3.83. The van der Waals surface area contributed by atoms with Crippen molar-refractivity contribution in [2.24, 2.45) is 0 Å². The molecule has 0 aliphatic heterocycles. The van der Waals surface area contributed by atoms with Crippen molar-refractivity contribution in [3.8, 4) is 0 Å². The number of hydrogen-bond donors (Lipinski definition) is 3. The van der Waals surface area contributed by atoms with E-state index in [1.165, 1.54) is 0 Å². The Morgan fingerprint density at radius 2 is 2.23 bits per heavy atom. The van der Waals surface area contributed by atoms with Gasteiger partial charge in [-0.15, -0.1) is 0 Å². The zero-order valence-corrected chi connectivity index (χ0v) is 7.37. The van der Waals surface area contributed by atoms with E-state index in [1.54, 1.807) is 6.08 Å². The fourth-order valence-corrected chi connectivity index (χ4v) is 1.80. The Labute approximate surface area is 75.3 Å². The molecule has 0 bridgehead atoms. The summed E-state index contributed by atoms with van der Waals surface area (Å²) in [7, 11) is 0. The van der Waals surface area contributed by atoms with Crippen LogP contribution in [-0.4, -0.2) is 21.4 Å². The van der Waals surface area contributed by atoms with Crippen LogP contribution in [0.2, 0.25) is 0 Å². The van der Waals surface area contributed by atoms with E-state index in [-0.39, 0.29) is 11.5 Å². The zero-order valence-electron chi connectivity index (χ0n) is 7.37. The molecule has 4 nitrogen and oxygen atoms in total. The second-order valence-corrected chi connectivity index (χ2v) is 3.41. The van der Waals surface area contributed by atoms with Crippen molar-refractivity contribution in [3.05, 3.63) is 33.8 Å². The Hall–Kier alpha value is -1.29. The lowest BCUT2D eigenvalue weighted by atomic mass is 9.99. The highest BCUT2D eigenvalue weighted by molar-refractivity contribution is 5.28. The predicted octanol–water partition coefficient (Wildman–Crippen LogP) is 0.416. The molecule has 1 heterocycles. The second kappa shape index (κ2) is 2.88. The van der Waals surface area contributed by atoms with Gasteiger partial charge in [0.05, 0.1) is 6.10 Å². The van der Waals surface area contributed by atoms with E-state index in [2.05, 4.69) is 10.2 Å². The van der Waals surface area contributed by atoms with Crippen molar-refractivity contribution in [1.29, 1.82) is 0 Å². The van der Waals surface area contributed by atoms with Gasteiger partial charge in [0.25, 0.3) is 5.56 Å². The summed E-state index contributed by atoms with van der Waals surface area (Å²) < 4.78 is 0. The average Bonchev–Trinajstić information content (AvgIpc) is 2.60. The monoisotopic (exact) mass is 180 g/mol. The molecule has 70 valence electrons. The summed E-state index contributed by atoms with van der Waals surface area (Å²) in [5.41, 5.74) is 1.52. The number of rotatable bonds is 1. The van der Waals surface area contributed by atoms with Crippen LogP contribution in [0.25, 0.3) is 0 Å². The molecule has 0 unspecified atom stereocenters. The summed E-state index contributed by atoms with van der Waals surface area (Å²) in [5.74, 6) is 0.0602. The third-order valence-electron chi connectivity index (χ3n) is 2.44. The highest BCUT2D eigenvalue weighted by Crippen LogP contribution is 2.27. The van der Waals surface area contributed by atoms with Gasteiger partial charge in [-0.2, -0.15) is 0 Å². The van der Waals surface area contributed by atoms with Crippen molar-refractivity contribution in [2.45, 2.75) is 25.4 Å². The minimum absolute atomic E-state index is 0.0602. The molecule has 0 spiro atoms. The Morgan fingerprint density at radius 1 is 1.46 bits per heavy atom. The van der Waals surface area contributed by atoms with Crippen LogP contribution in [-0.2, 0) is 0 Å². The van der Waals surface area contributed by atoms with E-state index in [4.69, 9.17) is 0 Å². The van der Waals surface area contributed by atoms with Gasteiger partial charge in [0.1, 0.15) is 0 Å². The third kappa shape index (κ3) is 1.33. The molecular weight excluding hydrogens is 168 g/mol. The van der Waals surface area contributed by atoms with Crippen molar-refractivity contribution in [3.63, 3.8) is 0 Å². The Balaban J connectivity index is 2.37. The van der Waals surface area contributed by atoms with E-state index in [9.17, 15) is 9.90 Å². The molecule has 13 heavy (non-hydrogen) atoms. The third-order valence-corrected chi connectivity index (χ3v) is 2.44. The van der Waals surface area contributed by atoms with Gasteiger partial charge in [-0.05, 0) is 13.3 Å². The number of aromatic nitrogens is 2. The highest BCUT2D eigenvalue weighted by Gasteiger charge is 2.23. The average molecular weight is 180 g/mol. The van der Waals surface area contributed by atoms with Crippen LogP contribution in [0.3, 0.4) is 0 Å². The summed E-state index contributed by atoms with van der Waals surface area (Å²) >= 11 is 0. The highest BCUT2D eigenvalue weighted by atomic mass is 16.3. The largest absolute Gasteiger partial charge is 0.389 e. The summed E-state index contributed by atoms with van der Waals surface area (Å²) in [5, 5.41) is 14.6. The van der Waals surface area contributed by atoms with E-state index in [0.717, 1.165) is 11.3 Å². The number of aliphatic hydroxyl groups excluding tert-OH is 1. The van der Waals surface area contributed by atoms with Gasteiger partial charge < -0.3 is 10.2 Å². The lowest BCUT2D eigenvalue weighted by molar-refractivity contribution is 0.218. The van der Waals surface area contributed by atoms with Crippen LogP contribution >= 0.6 is 0 Å². The fourth-order valence-electron chi connectivity index (χ4n) is 1.80. The van der Waals surface area contributed by atoms with E-state index in [1.807, 2.05) is 13.0 Å². The molecule has 0 radical (unpaired) electrons. The first-order valence-electron chi connectivity index (χ1n) is 4.32. The zero-order chi connectivity index (χ0) is 9.42. The van der Waals surface area contributed by atoms with Gasteiger partial charge in [0.15, 0.2) is 0 Å². The SMILES string of the molecule is Cc1[nH][nH]c(=O)c1[C@H]1C=C[C@@H](O)C1. The predicted molar refractivity (Wildman–Crippen MR) is 48.7 cm³/mol. The Kier molecular flexibility index (Phi) is 1.84. The minimum atomic E-state index is -0.404. The Bertz CT molecular complexity index is 389. The normalized spacial score (nSPS) is 26.9. The molecule has 0 aromatic carbocycles. The molecule has 0 saturated carbocycles. The van der Waals surface area contributed by atoms with Gasteiger partial charge in [-0.1, -0.05) is 12.2 Å². The molecule has 1 aromatic rings. The maximum atomic E-state index is 11.3. The van der Waals surface area contributed by atoms with Crippen LogP contribution in [0.5, 0.6) is 0 Å². The molecule has 1 aliphatic rings. The van der Waals surface area contributed by atoms with Crippen LogP contribution in [0.15, 0.2) is 16.9 Å². The molecule has 1 aliphatic carbocycles. The van der Waals surface area contributed by atoms with Crippen LogP contribution < -0.4 is 5.56 Å². The molecule has 2 rings (SSSR count). The molecule has 3 N–H and O–H groups in total. The molecule has 0 saturated heterocycles. The number of allylic oxidation sites excluding steroid dienone is 1. The van der Waals surface area contributed by atoms with Gasteiger partial charge in [0, 0.05) is 17.2 Å². The van der Waals surface area contributed by atoms with Crippen LogP contribution in [0.1, 0.15) is 23.6 Å². The van der Waals surface area contributed by atoms with Crippen LogP contribution in [0, 0.1) is 6.92 Å². The fraction of sp³-hybridized carbons (Fsp3) is 0.444. The molecule has 0 amide bonds. The second-order valence-electron chi connectivity index (χ2n) is 3.41. The number of aliphatic hydroxyl groups is 1. The lowest BCUT2D eigenvalue weighted by Gasteiger charge is -2.05. The minimum Gasteiger partial charge on any atom is -0.389 e. The number of hydrogen-bond acceptors (Lipinski definition) is 2. The Morgan fingerprint density at radius 3 is 2.69 bits per heavy atom. The van der Waals surface area contributed by atoms with Crippen molar-refractivity contribution < 1.29 is 5.11 Å². The topological polar surface area (TPSA) is 68.9 Å². The molecule has 4 heteroatoms. The first-order valence-corrected chi connectivity index (χ1v) is 4.32. The van der Waals surface area contributed by atoms with E-state index in [0.29, 0.717) is 6.42 Å². The van der Waals surface area contributed by atoms with E-state index < -0.39 is 6.10 Å². The molecule has 1 aromatic heterocycles. The number of H-pyrrole nitrogens is 2. The molecule has 2 atom stereocenters. The van der Waals surface area contributed by atoms with E-state index >= 15 is 0 Å². The standard InChI is InChI=1S/C9H12N2O2/c1-5-8(9(13)11-10-5)6-2-3-7(12)4-6/h2-3,6-7,12H,4H2,1H3,(H2,10,11,13)/t6-,7+/m0/s1. The number of nitrogens with one attached hydrogen (secondary N) is 2. The summed E-state index contributed by atoms with van der Waals surface area (Å²) in [6.45, 7) is 1.85. The quantitative estimate of drug-likeness (QED) is 0.548. The van der Waals surface area contributed by atoms with Crippen LogP contribution in [0.4, 0.5) is 0 Å². The van der Waals surface area contributed by atoms with Gasteiger partial charge in [-0.3, -0.25) is 9.89 Å². The summed E-state index contributed by atoms with van der Waals surface area (Å²) in [6, 6.07) is 0. The first kappa shape index (κ1) is 8.31. The summed E-state index contributed by atoms with van der Waals surface area (Å²) in [4.78, 5) is 11.3. The van der Waals surface area contributed by atoms with Gasteiger partial charge in [-0.25, -0.2) is 0 Å². The molecule has 0 fully saturated rings. The number of aryl methyl sites for hydroxylation is 1. The van der Waals surface area contributed by atoms with Crippen molar-refractivity contribution in [2.75, 3.05) is 0 Å². The maximum absolute atomic E-state index is 11.3. The molecular formula is C9H12N2O2. The smallest absolute Gasteiger partial charge is 0.267 e. The number of aromatic amines is 2.